The molecule has 0 spiro atoms. The summed E-state index contributed by atoms with van der Waals surface area (Å²) in [5.41, 5.74) is 2.06. The van der Waals surface area contributed by atoms with E-state index < -0.39 is 6.10 Å². The third kappa shape index (κ3) is 3.66. The Hall–Kier alpha value is -1.95. The second-order valence-electron chi connectivity index (χ2n) is 8.13. The minimum absolute atomic E-state index is 0.110. The van der Waals surface area contributed by atoms with Gasteiger partial charge in [0.05, 0.1) is 31.4 Å². The summed E-state index contributed by atoms with van der Waals surface area (Å²) in [5, 5.41) is 10.9. The van der Waals surface area contributed by atoms with E-state index in [1.807, 2.05) is 24.4 Å². The van der Waals surface area contributed by atoms with Gasteiger partial charge >= 0.3 is 0 Å². The summed E-state index contributed by atoms with van der Waals surface area (Å²) in [5.74, 6) is 2.04. The molecule has 0 saturated carbocycles. The molecule has 1 N–H and O–H groups in total. The van der Waals surface area contributed by atoms with Crippen molar-refractivity contribution in [3.8, 4) is 5.75 Å². The number of aromatic nitrogens is 1. The van der Waals surface area contributed by atoms with Crippen molar-refractivity contribution in [2.24, 2.45) is 11.8 Å². The summed E-state index contributed by atoms with van der Waals surface area (Å²) in [6.07, 6.45) is 5.68. The molecule has 1 aromatic carbocycles. The van der Waals surface area contributed by atoms with Gasteiger partial charge in [-0.2, -0.15) is 0 Å². The van der Waals surface area contributed by atoms with E-state index >= 15 is 0 Å². The van der Waals surface area contributed by atoms with Crippen molar-refractivity contribution < 1.29 is 14.6 Å². The molecule has 5 rings (SSSR count). The van der Waals surface area contributed by atoms with Crippen LogP contribution >= 0.6 is 0 Å². The molecule has 6 atom stereocenters. The number of aliphatic hydroxyl groups is 1. The van der Waals surface area contributed by atoms with Gasteiger partial charge in [0.15, 0.2) is 0 Å². The van der Waals surface area contributed by atoms with Gasteiger partial charge in [-0.05, 0) is 68.0 Å². The Balaban J connectivity index is 1.73. The molecule has 0 amide bonds. The predicted molar refractivity (Wildman–Crippen MR) is 110 cm³/mol. The van der Waals surface area contributed by atoms with Gasteiger partial charge in [0.25, 0.3) is 0 Å². The molecule has 2 aromatic rings. The first-order valence-electron chi connectivity index (χ1n) is 10.2. The number of aliphatic hydroxyl groups excluding tert-OH is 1. The Labute approximate surface area is 167 Å². The third-order valence-electron chi connectivity index (χ3n) is 6.31. The lowest BCUT2D eigenvalue weighted by Gasteiger charge is -2.51. The SMILES string of the molecule is C=CC1CN2CCC1CC2[C@H](OCC(C)O)c1ccnc2ccc(OC)cc12. The lowest BCUT2D eigenvalue weighted by atomic mass is 9.73. The fourth-order valence-electron chi connectivity index (χ4n) is 4.86. The summed E-state index contributed by atoms with van der Waals surface area (Å²) >= 11 is 0. The molecule has 0 aliphatic carbocycles. The standard InChI is InChI=1S/C23H30N2O3/c1-4-16-13-25-10-8-17(16)11-22(25)23(28-14-15(2)26)19-7-9-24-21-6-5-18(27-3)12-20(19)21/h4-7,9,12,15-17,22-23,26H,1,8,10-11,13-14H2,2-3H3/t15?,16?,17?,22?,23-/m1/s1. The lowest BCUT2D eigenvalue weighted by Crippen LogP contribution is -2.55. The topological polar surface area (TPSA) is 54.8 Å². The number of piperidine rings is 3. The normalized spacial score (nSPS) is 28.8. The first kappa shape index (κ1) is 19.4. The van der Waals surface area contributed by atoms with Gasteiger partial charge in [0.2, 0.25) is 0 Å². The number of ether oxygens (including phenoxy) is 2. The van der Waals surface area contributed by atoms with Crippen molar-refractivity contribution in [3.63, 3.8) is 0 Å². The van der Waals surface area contributed by atoms with Crippen molar-refractivity contribution in [2.45, 2.75) is 38.0 Å². The van der Waals surface area contributed by atoms with Gasteiger partial charge in [-0.1, -0.05) is 6.08 Å². The number of methoxy groups -OCH3 is 1. The molecule has 0 radical (unpaired) electrons. The zero-order valence-corrected chi connectivity index (χ0v) is 16.8. The smallest absolute Gasteiger partial charge is 0.119 e. The maximum absolute atomic E-state index is 9.87. The number of pyridine rings is 1. The second kappa shape index (κ2) is 8.19. The molecule has 2 bridgehead atoms. The summed E-state index contributed by atoms with van der Waals surface area (Å²) in [6, 6.07) is 8.32. The molecule has 5 nitrogen and oxygen atoms in total. The van der Waals surface area contributed by atoms with Crippen LogP contribution in [0.5, 0.6) is 5.75 Å². The van der Waals surface area contributed by atoms with Crippen LogP contribution in [0.15, 0.2) is 43.1 Å². The van der Waals surface area contributed by atoms with Crippen LogP contribution in [-0.4, -0.2) is 53.9 Å². The predicted octanol–water partition coefficient (Wildman–Crippen LogP) is 3.58. The number of rotatable bonds is 7. The largest absolute Gasteiger partial charge is 0.497 e. The number of hydrogen-bond donors (Lipinski definition) is 1. The van der Waals surface area contributed by atoms with Gasteiger partial charge in [0.1, 0.15) is 5.75 Å². The molecular weight excluding hydrogens is 352 g/mol. The van der Waals surface area contributed by atoms with Crippen LogP contribution in [0, 0.1) is 11.8 Å². The molecule has 3 aliphatic rings. The van der Waals surface area contributed by atoms with E-state index in [4.69, 9.17) is 9.47 Å². The van der Waals surface area contributed by atoms with Gasteiger partial charge in [-0.15, -0.1) is 6.58 Å². The molecule has 28 heavy (non-hydrogen) atoms. The molecule has 4 heterocycles. The maximum atomic E-state index is 9.87. The van der Waals surface area contributed by atoms with Gasteiger partial charge < -0.3 is 14.6 Å². The minimum Gasteiger partial charge on any atom is -0.497 e. The molecule has 3 aliphatic heterocycles. The van der Waals surface area contributed by atoms with E-state index in [0.717, 1.165) is 41.7 Å². The Morgan fingerprint density at radius 2 is 2.25 bits per heavy atom. The van der Waals surface area contributed by atoms with Crippen LogP contribution in [0.25, 0.3) is 10.9 Å². The van der Waals surface area contributed by atoms with E-state index in [9.17, 15) is 5.11 Å². The van der Waals surface area contributed by atoms with Crippen molar-refractivity contribution in [1.29, 1.82) is 0 Å². The first-order valence-corrected chi connectivity index (χ1v) is 10.2. The van der Waals surface area contributed by atoms with Crippen LogP contribution in [-0.2, 0) is 4.74 Å². The zero-order valence-electron chi connectivity index (χ0n) is 16.8. The molecular formula is C23H30N2O3. The fraction of sp³-hybridized carbons (Fsp3) is 0.522. The van der Waals surface area contributed by atoms with Crippen LogP contribution in [0.3, 0.4) is 0 Å². The average Bonchev–Trinajstić information content (AvgIpc) is 2.73. The van der Waals surface area contributed by atoms with Crippen molar-refractivity contribution >= 4 is 10.9 Å². The highest BCUT2D eigenvalue weighted by Gasteiger charge is 2.43. The second-order valence-corrected chi connectivity index (χ2v) is 8.13. The van der Waals surface area contributed by atoms with E-state index in [1.54, 1.807) is 14.0 Å². The first-order chi connectivity index (χ1) is 13.6. The van der Waals surface area contributed by atoms with Crippen molar-refractivity contribution in [2.75, 3.05) is 26.8 Å². The Morgan fingerprint density at radius 3 is 2.93 bits per heavy atom. The van der Waals surface area contributed by atoms with E-state index in [1.165, 1.54) is 6.42 Å². The highest BCUT2D eigenvalue weighted by atomic mass is 16.5. The number of benzene rings is 1. The summed E-state index contributed by atoms with van der Waals surface area (Å²) in [7, 11) is 1.68. The van der Waals surface area contributed by atoms with E-state index in [2.05, 4.69) is 28.6 Å². The molecule has 1 aromatic heterocycles. The lowest BCUT2D eigenvalue weighted by molar-refractivity contribution is -0.0896. The van der Waals surface area contributed by atoms with Crippen molar-refractivity contribution in [3.05, 3.63) is 48.7 Å². The van der Waals surface area contributed by atoms with Crippen molar-refractivity contribution in [1.82, 2.24) is 9.88 Å². The summed E-state index contributed by atoms with van der Waals surface area (Å²) in [6.45, 7) is 8.26. The Bertz CT molecular complexity index is 838. The quantitative estimate of drug-likeness (QED) is 0.742. The monoisotopic (exact) mass is 382 g/mol. The van der Waals surface area contributed by atoms with E-state index in [-0.39, 0.29) is 6.10 Å². The Kier molecular flexibility index (Phi) is 5.67. The van der Waals surface area contributed by atoms with E-state index in [0.29, 0.717) is 24.5 Å². The highest BCUT2D eigenvalue weighted by Crippen LogP contribution is 2.43. The number of hydrogen-bond acceptors (Lipinski definition) is 5. The van der Waals surface area contributed by atoms with Crippen LogP contribution in [0.2, 0.25) is 0 Å². The maximum Gasteiger partial charge on any atom is 0.119 e. The molecule has 5 unspecified atom stereocenters. The molecule has 3 saturated heterocycles. The number of fused-ring (bicyclic) bond motifs is 4. The summed E-state index contributed by atoms with van der Waals surface area (Å²) in [4.78, 5) is 7.07. The van der Waals surface area contributed by atoms with Gasteiger partial charge in [0, 0.05) is 24.2 Å². The number of nitrogens with zero attached hydrogens (tertiary/aromatic N) is 2. The van der Waals surface area contributed by atoms with Crippen LogP contribution in [0.4, 0.5) is 0 Å². The highest BCUT2D eigenvalue weighted by molar-refractivity contribution is 5.84. The van der Waals surface area contributed by atoms with Crippen LogP contribution in [0.1, 0.15) is 31.4 Å². The Morgan fingerprint density at radius 1 is 1.39 bits per heavy atom. The average molecular weight is 383 g/mol. The molecule has 5 heteroatoms. The van der Waals surface area contributed by atoms with Gasteiger partial charge in [-0.3, -0.25) is 9.88 Å². The van der Waals surface area contributed by atoms with Crippen LogP contribution < -0.4 is 4.74 Å². The summed E-state index contributed by atoms with van der Waals surface area (Å²) < 4.78 is 11.8. The minimum atomic E-state index is -0.498. The fourth-order valence-corrected chi connectivity index (χ4v) is 4.86. The zero-order chi connectivity index (χ0) is 19.7. The van der Waals surface area contributed by atoms with Gasteiger partial charge in [-0.25, -0.2) is 0 Å². The molecule has 3 fully saturated rings. The third-order valence-corrected chi connectivity index (χ3v) is 6.31. The molecule has 150 valence electrons.